The van der Waals surface area contributed by atoms with E-state index in [1.165, 1.54) is 0 Å². The van der Waals surface area contributed by atoms with Gasteiger partial charge in [0.15, 0.2) is 5.82 Å². The molecular formula is C12H20ClN3O. The summed E-state index contributed by atoms with van der Waals surface area (Å²) in [6.07, 6.45) is 4.13. The zero-order chi connectivity index (χ0) is 13.0. The molecule has 17 heavy (non-hydrogen) atoms. The summed E-state index contributed by atoms with van der Waals surface area (Å²) in [6, 6.07) is 0.263. The molecular weight excluding hydrogens is 238 g/mol. The maximum Gasteiger partial charge on any atom is 0.293 e. The van der Waals surface area contributed by atoms with Gasteiger partial charge in [0.2, 0.25) is 0 Å². The van der Waals surface area contributed by atoms with Crippen LogP contribution in [0.25, 0.3) is 0 Å². The van der Waals surface area contributed by atoms with Crippen LogP contribution in [-0.4, -0.2) is 21.0 Å². The molecule has 2 atom stereocenters. The van der Waals surface area contributed by atoms with Crippen molar-refractivity contribution < 1.29 is 0 Å². The lowest BCUT2D eigenvalue weighted by Gasteiger charge is -2.16. The predicted octanol–water partition coefficient (Wildman–Crippen LogP) is 2.64. The Bertz CT molecular complexity index is 414. The van der Waals surface area contributed by atoms with Crippen LogP contribution in [0.2, 0.25) is 0 Å². The molecule has 0 aliphatic carbocycles. The molecule has 0 radical (unpaired) electrons. The molecule has 1 heterocycles. The van der Waals surface area contributed by atoms with Gasteiger partial charge in [-0.3, -0.25) is 4.79 Å². The Morgan fingerprint density at radius 3 is 2.59 bits per heavy atom. The fourth-order valence-electron chi connectivity index (χ4n) is 1.71. The van der Waals surface area contributed by atoms with Crippen LogP contribution in [-0.2, 0) is 0 Å². The van der Waals surface area contributed by atoms with Crippen molar-refractivity contribution in [1.82, 2.24) is 9.55 Å². The minimum atomic E-state index is -0.0865. The van der Waals surface area contributed by atoms with E-state index in [2.05, 4.69) is 10.3 Å². The molecule has 0 aliphatic rings. The van der Waals surface area contributed by atoms with Crippen molar-refractivity contribution in [3.63, 3.8) is 0 Å². The Hall–Kier alpha value is -1.03. The summed E-state index contributed by atoms with van der Waals surface area (Å²) in [5, 5.41) is 3.19. The minimum absolute atomic E-state index is 0.0773. The van der Waals surface area contributed by atoms with Crippen LogP contribution in [0.3, 0.4) is 0 Å². The molecule has 0 aliphatic heterocycles. The van der Waals surface area contributed by atoms with Crippen molar-refractivity contribution in [2.45, 2.75) is 51.6 Å². The van der Waals surface area contributed by atoms with Gasteiger partial charge >= 0.3 is 0 Å². The van der Waals surface area contributed by atoms with Crippen LogP contribution in [0.1, 0.15) is 40.2 Å². The first kappa shape index (κ1) is 14.0. The van der Waals surface area contributed by atoms with Gasteiger partial charge in [0.05, 0.1) is 0 Å². The first-order valence-electron chi connectivity index (χ1n) is 5.89. The van der Waals surface area contributed by atoms with E-state index in [1.807, 2.05) is 27.7 Å². The Labute approximate surface area is 107 Å². The van der Waals surface area contributed by atoms with E-state index >= 15 is 0 Å². The fourth-order valence-corrected chi connectivity index (χ4v) is 1.98. The quantitative estimate of drug-likeness (QED) is 0.825. The second kappa shape index (κ2) is 6.05. The lowest BCUT2D eigenvalue weighted by atomic mass is 10.2. The van der Waals surface area contributed by atoms with Gasteiger partial charge in [0.1, 0.15) is 0 Å². The third-order valence-electron chi connectivity index (χ3n) is 2.49. The Kier molecular flexibility index (Phi) is 5.00. The van der Waals surface area contributed by atoms with Crippen LogP contribution in [0, 0.1) is 0 Å². The normalized spacial score (nSPS) is 14.7. The van der Waals surface area contributed by atoms with E-state index in [0.717, 1.165) is 6.42 Å². The van der Waals surface area contributed by atoms with E-state index in [9.17, 15) is 4.79 Å². The summed E-state index contributed by atoms with van der Waals surface area (Å²) in [5.41, 5.74) is -0.0865. The minimum Gasteiger partial charge on any atom is -0.363 e. The molecule has 1 rings (SSSR count). The molecule has 4 nitrogen and oxygen atoms in total. The molecule has 1 aromatic rings. The first-order chi connectivity index (χ1) is 7.91. The Morgan fingerprint density at radius 1 is 1.41 bits per heavy atom. The number of nitrogens with zero attached hydrogens (tertiary/aromatic N) is 2. The van der Waals surface area contributed by atoms with Gasteiger partial charge in [-0.25, -0.2) is 4.98 Å². The highest BCUT2D eigenvalue weighted by molar-refractivity contribution is 6.20. The molecule has 5 heteroatoms. The summed E-state index contributed by atoms with van der Waals surface area (Å²) < 4.78 is 1.66. The van der Waals surface area contributed by atoms with E-state index in [1.54, 1.807) is 17.0 Å². The summed E-state index contributed by atoms with van der Waals surface area (Å²) in [7, 11) is 0. The van der Waals surface area contributed by atoms with E-state index in [4.69, 9.17) is 11.6 Å². The number of halogens is 1. The molecule has 2 unspecified atom stereocenters. The van der Waals surface area contributed by atoms with E-state index in [0.29, 0.717) is 5.82 Å². The van der Waals surface area contributed by atoms with Crippen molar-refractivity contribution in [2.75, 3.05) is 5.32 Å². The van der Waals surface area contributed by atoms with Gasteiger partial charge < -0.3 is 9.88 Å². The fraction of sp³-hybridized carbons (Fsp3) is 0.667. The maximum atomic E-state index is 12.0. The Morgan fingerprint density at radius 2 is 2.06 bits per heavy atom. The van der Waals surface area contributed by atoms with Gasteiger partial charge in [-0.15, -0.1) is 11.6 Å². The van der Waals surface area contributed by atoms with Crippen LogP contribution in [0.15, 0.2) is 17.2 Å². The molecule has 0 amide bonds. The number of rotatable bonds is 5. The average Bonchev–Trinajstić information content (AvgIpc) is 2.19. The zero-order valence-corrected chi connectivity index (χ0v) is 11.5. The third-order valence-corrected chi connectivity index (χ3v) is 2.66. The standard InChI is InChI=1S/C12H20ClN3O/c1-8(2)16-6-5-14-11(12(16)17)15-10(4)7-9(3)13/h5-6,8-10H,7H2,1-4H3,(H,14,15). The SMILES string of the molecule is CC(Cl)CC(C)Nc1nccn(C(C)C)c1=O. The second-order valence-electron chi connectivity index (χ2n) is 4.64. The van der Waals surface area contributed by atoms with Gasteiger partial charge in [-0.05, 0) is 34.1 Å². The predicted molar refractivity (Wildman–Crippen MR) is 71.9 cm³/mol. The average molecular weight is 258 g/mol. The van der Waals surface area contributed by atoms with Crippen molar-refractivity contribution in [1.29, 1.82) is 0 Å². The van der Waals surface area contributed by atoms with Crippen LogP contribution in [0.5, 0.6) is 0 Å². The summed E-state index contributed by atoms with van der Waals surface area (Å²) in [5.74, 6) is 0.394. The van der Waals surface area contributed by atoms with E-state index in [-0.39, 0.29) is 23.0 Å². The van der Waals surface area contributed by atoms with Crippen LogP contribution < -0.4 is 10.9 Å². The van der Waals surface area contributed by atoms with Gasteiger partial charge in [-0.1, -0.05) is 0 Å². The lowest BCUT2D eigenvalue weighted by Crippen LogP contribution is -2.29. The third kappa shape index (κ3) is 4.04. The number of aromatic nitrogens is 2. The summed E-state index contributed by atoms with van der Waals surface area (Å²) in [6.45, 7) is 7.86. The molecule has 0 aromatic carbocycles. The van der Waals surface area contributed by atoms with Gasteiger partial charge in [0, 0.05) is 29.9 Å². The molecule has 0 saturated heterocycles. The molecule has 1 N–H and O–H groups in total. The van der Waals surface area contributed by atoms with Crippen LogP contribution >= 0.6 is 11.6 Å². The number of hydrogen-bond acceptors (Lipinski definition) is 3. The molecule has 1 aromatic heterocycles. The number of anilines is 1. The van der Waals surface area contributed by atoms with Crippen molar-refractivity contribution in [2.24, 2.45) is 0 Å². The molecule has 0 bridgehead atoms. The van der Waals surface area contributed by atoms with Crippen molar-refractivity contribution in [3.05, 3.63) is 22.7 Å². The number of alkyl halides is 1. The molecule has 0 fully saturated rings. The highest BCUT2D eigenvalue weighted by atomic mass is 35.5. The number of nitrogens with one attached hydrogen (secondary N) is 1. The Balaban J connectivity index is 2.85. The van der Waals surface area contributed by atoms with Crippen molar-refractivity contribution >= 4 is 17.4 Å². The number of hydrogen-bond donors (Lipinski definition) is 1. The smallest absolute Gasteiger partial charge is 0.293 e. The summed E-state index contributed by atoms with van der Waals surface area (Å²) in [4.78, 5) is 16.1. The van der Waals surface area contributed by atoms with Crippen molar-refractivity contribution in [3.8, 4) is 0 Å². The highest BCUT2D eigenvalue weighted by Gasteiger charge is 2.11. The molecule has 0 saturated carbocycles. The van der Waals surface area contributed by atoms with Gasteiger partial charge in [0.25, 0.3) is 5.56 Å². The monoisotopic (exact) mass is 257 g/mol. The highest BCUT2D eigenvalue weighted by Crippen LogP contribution is 2.08. The lowest BCUT2D eigenvalue weighted by molar-refractivity contribution is 0.573. The van der Waals surface area contributed by atoms with Gasteiger partial charge in [-0.2, -0.15) is 0 Å². The van der Waals surface area contributed by atoms with E-state index < -0.39 is 0 Å². The second-order valence-corrected chi connectivity index (χ2v) is 5.39. The summed E-state index contributed by atoms with van der Waals surface area (Å²) >= 11 is 5.92. The zero-order valence-electron chi connectivity index (χ0n) is 10.8. The maximum absolute atomic E-state index is 12.0. The topological polar surface area (TPSA) is 46.9 Å². The largest absolute Gasteiger partial charge is 0.363 e. The molecule has 96 valence electrons. The van der Waals surface area contributed by atoms with Crippen LogP contribution in [0.4, 0.5) is 5.82 Å². The molecule has 0 spiro atoms. The first-order valence-corrected chi connectivity index (χ1v) is 6.33.